The zero-order valence-corrected chi connectivity index (χ0v) is 20.9. The van der Waals surface area contributed by atoms with E-state index in [0.29, 0.717) is 28.9 Å². The smallest absolute Gasteiger partial charge is 0.252 e. The van der Waals surface area contributed by atoms with Gasteiger partial charge in [0.15, 0.2) is 5.13 Å². The molecule has 0 aliphatic carbocycles. The van der Waals surface area contributed by atoms with Crippen molar-refractivity contribution in [2.24, 2.45) is 5.92 Å². The Morgan fingerprint density at radius 1 is 1.23 bits per heavy atom. The number of hydrogen-bond donors (Lipinski definition) is 1. The number of hydrogen-bond acceptors (Lipinski definition) is 6. The van der Waals surface area contributed by atoms with Crippen molar-refractivity contribution in [2.45, 2.75) is 17.1 Å². The highest BCUT2D eigenvalue weighted by Gasteiger charge is 2.34. The Bertz CT molecular complexity index is 1160. The standard InChI is InChI=1S/C19H17ClIN3O3S3/c20-16-7-8-17(29-16)30(26,27)24-9-1-2-13(10-24)18(25)23-19-22-15(11-28-19)12-3-5-14(21)6-4-12/h3-8,11,13H,1-2,9-10H2,(H,22,23,25). The molecule has 158 valence electrons. The maximum Gasteiger partial charge on any atom is 0.252 e. The van der Waals surface area contributed by atoms with Crippen LogP contribution in [0.2, 0.25) is 4.34 Å². The summed E-state index contributed by atoms with van der Waals surface area (Å²) in [5.41, 5.74) is 1.78. The van der Waals surface area contributed by atoms with E-state index in [1.165, 1.54) is 21.7 Å². The van der Waals surface area contributed by atoms with E-state index in [0.717, 1.165) is 26.2 Å². The molecule has 0 spiro atoms. The van der Waals surface area contributed by atoms with Crippen molar-refractivity contribution >= 4 is 77.9 Å². The first kappa shape index (κ1) is 22.2. The first-order chi connectivity index (χ1) is 14.3. The number of nitrogens with one attached hydrogen (secondary N) is 1. The molecule has 6 nitrogen and oxygen atoms in total. The van der Waals surface area contributed by atoms with Crippen molar-refractivity contribution in [3.05, 3.63) is 49.7 Å². The number of aromatic nitrogens is 1. The van der Waals surface area contributed by atoms with E-state index in [9.17, 15) is 13.2 Å². The molecule has 0 saturated carbocycles. The number of thiophene rings is 1. The van der Waals surface area contributed by atoms with Crippen LogP contribution in [0.5, 0.6) is 0 Å². The molecule has 1 atom stereocenters. The van der Waals surface area contributed by atoms with Crippen LogP contribution in [0.4, 0.5) is 5.13 Å². The molecule has 1 aromatic carbocycles. The van der Waals surface area contributed by atoms with Gasteiger partial charge in [0.2, 0.25) is 5.91 Å². The summed E-state index contributed by atoms with van der Waals surface area (Å²) in [6.07, 6.45) is 1.26. The Labute approximate surface area is 201 Å². The van der Waals surface area contributed by atoms with Crippen molar-refractivity contribution < 1.29 is 13.2 Å². The Kier molecular flexibility index (Phi) is 6.80. The highest BCUT2D eigenvalue weighted by atomic mass is 127. The number of thiazole rings is 1. The molecule has 3 aromatic rings. The number of nitrogens with zero attached hydrogens (tertiary/aromatic N) is 2. The van der Waals surface area contributed by atoms with Gasteiger partial charge in [-0.15, -0.1) is 22.7 Å². The number of anilines is 1. The minimum absolute atomic E-state index is 0.152. The third-order valence-electron chi connectivity index (χ3n) is 4.77. The summed E-state index contributed by atoms with van der Waals surface area (Å²) in [6, 6.07) is 11.1. The third-order valence-corrected chi connectivity index (χ3v) is 9.81. The fraction of sp³-hybridized carbons (Fsp3) is 0.263. The van der Waals surface area contributed by atoms with Gasteiger partial charge in [-0.2, -0.15) is 4.31 Å². The lowest BCUT2D eigenvalue weighted by Gasteiger charge is -2.30. The second-order valence-electron chi connectivity index (χ2n) is 6.79. The third kappa shape index (κ3) is 4.89. The summed E-state index contributed by atoms with van der Waals surface area (Å²) in [5, 5.41) is 5.27. The number of piperidine rings is 1. The maximum absolute atomic E-state index is 12.8. The highest BCUT2D eigenvalue weighted by molar-refractivity contribution is 14.1. The zero-order chi connectivity index (χ0) is 21.3. The molecular formula is C19H17ClIN3O3S3. The minimum Gasteiger partial charge on any atom is -0.302 e. The summed E-state index contributed by atoms with van der Waals surface area (Å²) in [5.74, 6) is -0.628. The van der Waals surface area contributed by atoms with Gasteiger partial charge in [-0.1, -0.05) is 23.7 Å². The normalized spacial score (nSPS) is 17.7. The van der Waals surface area contributed by atoms with Gasteiger partial charge in [0, 0.05) is 27.6 Å². The molecule has 11 heteroatoms. The van der Waals surface area contributed by atoms with Gasteiger partial charge < -0.3 is 5.32 Å². The fourth-order valence-electron chi connectivity index (χ4n) is 3.23. The molecule has 1 unspecified atom stereocenters. The first-order valence-corrected chi connectivity index (χ1v) is 13.7. The Balaban J connectivity index is 1.43. The van der Waals surface area contributed by atoms with Crippen molar-refractivity contribution in [2.75, 3.05) is 18.4 Å². The summed E-state index contributed by atoms with van der Waals surface area (Å²) in [7, 11) is -3.64. The lowest BCUT2D eigenvalue weighted by molar-refractivity contribution is -0.120. The fourth-order valence-corrected chi connectivity index (χ4v) is 7.47. The molecule has 30 heavy (non-hydrogen) atoms. The number of halogens is 2. The summed E-state index contributed by atoms with van der Waals surface area (Å²) >= 11 is 10.5. The van der Waals surface area contributed by atoms with Crippen LogP contribution >= 0.6 is 56.9 Å². The Morgan fingerprint density at radius 2 is 2.00 bits per heavy atom. The van der Waals surface area contributed by atoms with Crippen LogP contribution in [-0.2, 0) is 14.8 Å². The van der Waals surface area contributed by atoms with Gasteiger partial charge in [-0.05, 0) is 59.7 Å². The lowest BCUT2D eigenvalue weighted by atomic mass is 9.99. The highest BCUT2D eigenvalue weighted by Crippen LogP contribution is 2.31. The van der Waals surface area contributed by atoms with E-state index in [4.69, 9.17) is 11.6 Å². The molecule has 1 saturated heterocycles. The van der Waals surface area contributed by atoms with E-state index in [1.807, 2.05) is 29.6 Å². The van der Waals surface area contributed by atoms with E-state index in [-0.39, 0.29) is 16.7 Å². The summed E-state index contributed by atoms with van der Waals surface area (Å²) in [4.78, 5) is 17.3. The van der Waals surface area contributed by atoms with Crippen LogP contribution in [0, 0.1) is 9.49 Å². The molecule has 1 amide bonds. The monoisotopic (exact) mass is 593 g/mol. The topological polar surface area (TPSA) is 79.4 Å². The first-order valence-electron chi connectivity index (χ1n) is 9.11. The Morgan fingerprint density at radius 3 is 2.70 bits per heavy atom. The predicted molar refractivity (Wildman–Crippen MR) is 130 cm³/mol. The molecular weight excluding hydrogens is 577 g/mol. The van der Waals surface area contributed by atoms with Crippen LogP contribution < -0.4 is 5.32 Å². The molecule has 1 N–H and O–H groups in total. The van der Waals surface area contributed by atoms with Crippen molar-refractivity contribution in [1.82, 2.24) is 9.29 Å². The van der Waals surface area contributed by atoms with Crippen LogP contribution in [0.3, 0.4) is 0 Å². The second kappa shape index (κ2) is 9.21. The van der Waals surface area contributed by atoms with Crippen molar-refractivity contribution in [1.29, 1.82) is 0 Å². The molecule has 3 heterocycles. The molecule has 4 rings (SSSR count). The van der Waals surface area contributed by atoms with E-state index < -0.39 is 15.9 Å². The van der Waals surface area contributed by atoms with E-state index in [2.05, 4.69) is 32.9 Å². The van der Waals surface area contributed by atoms with Gasteiger partial charge in [-0.3, -0.25) is 4.79 Å². The number of carbonyl (C=O) groups is 1. The van der Waals surface area contributed by atoms with Gasteiger partial charge in [0.1, 0.15) is 4.21 Å². The molecule has 0 radical (unpaired) electrons. The van der Waals surface area contributed by atoms with Gasteiger partial charge in [0.05, 0.1) is 15.9 Å². The second-order valence-corrected chi connectivity index (χ2v) is 12.8. The Hall–Kier alpha value is -1.05. The number of carbonyl (C=O) groups excluding carboxylic acids is 1. The number of sulfonamides is 1. The van der Waals surface area contributed by atoms with Crippen molar-refractivity contribution in [3.63, 3.8) is 0 Å². The van der Waals surface area contributed by atoms with Crippen LogP contribution in [-0.4, -0.2) is 36.7 Å². The summed E-state index contributed by atoms with van der Waals surface area (Å²) in [6.45, 7) is 0.550. The summed E-state index contributed by atoms with van der Waals surface area (Å²) < 4.78 is 28.8. The SMILES string of the molecule is O=C(Nc1nc(-c2ccc(I)cc2)cs1)C1CCCN(S(=O)(=O)c2ccc(Cl)s2)C1. The van der Waals surface area contributed by atoms with Crippen LogP contribution in [0.1, 0.15) is 12.8 Å². The van der Waals surface area contributed by atoms with Gasteiger partial charge >= 0.3 is 0 Å². The number of amides is 1. The van der Waals surface area contributed by atoms with E-state index in [1.54, 1.807) is 6.07 Å². The molecule has 1 aliphatic heterocycles. The van der Waals surface area contributed by atoms with E-state index >= 15 is 0 Å². The lowest BCUT2D eigenvalue weighted by Crippen LogP contribution is -2.43. The molecule has 0 bridgehead atoms. The largest absolute Gasteiger partial charge is 0.302 e. The van der Waals surface area contributed by atoms with Crippen molar-refractivity contribution in [3.8, 4) is 11.3 Å². The quantitative estimate of drug-likeness (QED) is 0.414. The number of benzene rings is 1. The molecule has 2 aromatic heterocycles. The zero-order valence-electron chi connectivity index (χ0n) is 15.5. The minimum atomic E-state index is -3.64. The van der Waals surface area contributed by atoms with Crippen LogP contribution in [0.25, 0.3) is 11.3 Å². The average Bonchev–Trinajstić information content (AvgIpc) is 3.38. The van der Waals surface area contributed by atoms with Crippen LogP contribution in [0.15, 0.2) is 46.0 Å². The number of rotatable bonds is 5. The predicted octanol–water partition coefficient (Wildman–Crippen LogP) is 5.17. The molecule has 1 aliphatic rings. The van der Waals surface area contributed by atoms with Gasteiger partial charge in [0.25, 0.3) is 10.0 Å². The van der Waals surface area contributed by atoms with Gasteiger partial charge in [-0.25, -0.2) is 13.4 Å². The average molecular weight is 594 g/mol. The maximum atomic E-state index is 12.8. The molecule has 1 fully saturated rings.